The van der Waals surface area contributed by atoms with Gasteiger partial charge in [-0.3, -0.25) is 14.2 Å². The smallest absolute Gasteiger partial charge is 0.248 e. The van der Waals surface area contributed by atoms with Crippen LogP contribution in [0.25, 0.3) is 17.3 Å². The van der Waals surface area contributed by atoms with E-state index in [2.05, 4.69) is 10.0 Å². The van der Waals surface area contributed by atoms with Gasteiger partial charge >= 0.3 is 0 Å². The monoisotopic (exact) mass is 486 g/mol. The third-order valence-corrected chi connectivity index (χ3v) is 5.83. The summed E-state index contributed by atoms with van der Waals surface area (Å²) in [4.78, 5) is 12.6. The molecule has 0 aliphatic rings. The summed E-state index contributed by atoms with van der Waals surface area (Å²) in [5.74, 6) is -0.339. The molecule has 3 aromatic carbocycles. The molecule has 0 fully saturated rings. The third-order valence-electron chi connectivity index (χ3n) is 5.24. The van der Waals surface area contributed by atoms with Crippen molar-refractivity contribution in [3.8, 4) is 11.3 Å². The Balaban J connectivity index is 1.56. The van der Waals surface area contributed by atoms with Crippen LogP contribution in [-0.4, -0.2) is 30.4 Å². The van der Waals surface area contributed by atoms with Crippen LogP contribution in [0.1, 0.15) is 16.7 Å². The molecule has 7 nitrogen and oxygen atoms in total. The summed E-state index contributed by atoms with van der Waals surface area (Å²) in [6.45, 7) is 2.40. The first-order valence-corrected chi connectivity index (χ1v) is 12.9. The molecule has 4 rings (SSSR count). The standard InChI is InChI=1S/C27H26N4O3S/c1-20-13-15-24(17-25(20)30-35(2,33)34)28-26(32)16-14-23-19-31(18-21-9-5-3-6-10-21)29-27(23)22-11-7-4-8-12-22/h3-17,19,30H,18H2,1-2H3,(H,28,32)/b16-14+. The average molecular weight is 487 g/mol. The van der Waals surface area contributed by atoms with Gasteiger partial charge in [0.2, 0.25) is 15.9 Å². The first-order valence-electron chi connectivity index (χ1n) is 11.0. The number of sulfonamides is 1. The Morgan fingerprint density at radius 2 is 1.69 bits per heavy atom. The fraction of sp³-hybridized carbons (Fsp3) is 0.111. The predicted molar refractivity (Wildman–Crippen MR) is 141 cm³/mol. The van der Waals surface area contributed by atoms with Crippen molar-refractivity contribution in [1.82, 2.24) is 9.78 Å². The van der Waals surface area contributed by atoms with Crippen LogP contribution < -0.4 is 10.0 Å². The van der Waals surface area contributed by atoms with Crippen LogP contribution in [0.2, 0.25) is 0 Å². The topological polar surface area (TPSA) is 93.1 Å². The Labute approximate surface area is 205 Å². The van der Waals surface area contributed by atoms with Crippen LogP contribution in [-0.2, 0) is 21.4 Å². The number of rotatable bonds is 8. The molecule has 35 heavy (non-hydrogen) atoms. The van der Waals surface area contributed by atoms with Crippen LogP contribution in [0.3, 0.4) is 0 Å². The largest absolute Gasteiger partial charge is 0.322 e. The SMILES string of the molecule is Cc1ccc(NC(=O)/C=C/c2cn(Cc3ccccc3)nc2-c2ccccc2)cc1NS(C)(=O)=O. The van der Waals surface area contributed by atoms with E-state index in [-0.39, 0.29) is 5.91 Å². The van der Waals surface area contributed by atoms with Gasteiger partial charge in [-0.2, -0.15) is 5.10 Å². The molecule has 8 heteroatoms. The molecular weight excluding hydrogens is 460 g/mol. The van der Waals surface area contributed by atoms with Gasteiger partial charge in [-0.25, -0.2) is 8.42 Å². The molecule has 0 atom stereocenters. The normalized spacial score (nSPS) is 11.5. The maximum Gasteiger partial charge on any atom is 0.248 e. The molecule has 0 aliphatic heterocycles. The van der Waals surface area contributed by atoms with Gasteiger partial charge in [-0.1, -0.05) is 66.7 Å². The Morgan fingerprint density at radius 3 is 2.37 bits per heavy atom. The van der Waals surface area contributed by atoms with Crippen LogP contribution in [0.5, 0.6) is 0 Å². The van der Waals surface area contributed by atoms with Crippen molar-refractivity contribution in [2.75, 3.05) is 16.3 Å². The Morgan fingerprint density at radius 1 is 1.00 bits per heavy atom. The Kier molecular flexibility index (Phi) is 7.12. The molecule has 0 bridgehead atoms. The fourth-order valence-corrected chi connectivity index (χ4v) is 4.21. The van der Waals surface area contributed by atoms with E-state index in [1.54, 1.807) is 31.2 Å². The second-order valence-electron chi connectivity index (χ2n) is 8.21. The van der Waals surface area contributed by atoms with Crippen molar-refractivity contribution in [2.24, 2.45) is 0 Å². The van der Waals surface area contributed by atoms with Crippen molar-refractivity contribution in [2.45, 2.75) is 13.5 Å². The lowest BCUT2D eigenvalue weighted by atomic mass is 10.1. The Bertz CT molecular complexity index is 1460. The molecule has 178 valence electrons. The molecule has 0 spiro atoms. The summed E-state index contributed by atoms with van der Waals surface area (Å²) >= 11 is 0. The lowest BCUT2D eigenvalue weighted by Gasteiger charge is -2.10. The highest BCUT2D eigenvalue weighted by molar-refractivity contribution is 7.92. The van der Waals surface area contributed by atoms with Crippen molar-refractivity contribution < 1.29 is 13.2 Å². The minimum Gasteiger partial charge on any atom is -0.322 e. The number of anilines is 2. The summed E-state index contributed by atoms with van der Waals surface area (Å²) in [6, 6.07) is 24.9. The summed E-state index contributed by atoms with van der Waals surface area (Å²) in [7, 11) is -3.43. The van der Waals surface area contributed by atoms with Gasteiger partial charge in [-0.15, -0.1) is 0 Å². The van der Waals surface area contributed by atoms with E-state index in [1.807, 2.05) is 71.5 Å². The number of benzene rings is 3. The molecule has 1 aromatic heterocycles. The van der Waals surface area contributed by atoms with E-state index in [4.69, 9.17) is 5.10 Å². The highest BCUT2D eigenvalue weighted by Crippen LogP contribution is 2.24. The molecule has 0 saturated heterocycles. The van der Waals surface area contributed by atoms with Gasteiger partial charge < -0.3 is 5.32 Å². The molecular formula is C27H26N4O3S. The molecule has 0 saturated carbocycles. The van der Waals surface area contributed by atoms with Gasteiger partial charge in [0, 0.05) is 29.1 Å². The lowest BCUT2D eigenvalue weighted by Crippen LogP contribution is -2.12. The number of carbonyl (C=O) groups excluding carboxylic acids is 1. The first-order chi connectivity index (χ1) is 16.8. The minimum absolute atomic E-state index is 0.339. The van der Waals surface area contributed by atoms with E-state index in [0.717, 1.165) is 34.2 Å². The van der Waals surface area contributed by atoms with Crippen molar-refractivity contribution in [1.29, 1.82) is 0 Å². The maximum absolute atomic E-state index is 12.6. The molecule has 1 amide bonds. The predicted octanol–water partition coefficient (Wildman–Crippen LogP) is 4.93. The van der Waals surface area contributed by atoms with Gasteiger partial charge in [0.1, 0.15) is 0 Å². The number of nitrogens with one attached hydrogen (secondary N) is 2. The van der Waals surface area contributed by atoms with Crippen molar-refractivity contribution >= 4 is 33.4 Å². The molecule has 2 N–H and O–H groups in total. The quantitative estimate of drug-likeness (QED) is 0.345. The molecule has 0 unspecified atom stereocenters. The highest BCUT2D eigenvalue weighted by atomic mass is 32.2. The molecule has 1 heterocycles. The fourth-order valence-electron chi connectivity index (χ4n) is 3.59. The van der Waals surface area contributed by atoms with E-state index >= 15 is 0 Å². The zero-order chi connectivity index (χ0) is 24.8. The number of hydrogen-bond acceptors (Lipinski definition) is 4. The number of amides is 1. The molecule has 0 aliphatic carbocycles. The van der Waals surface area contributed by atoms with E-state index in [1.165, 1.54) is 6.08 Å². The van der Waals surface area contributed by atoms with E-state index in [9.17, 15) is 13.2 Å². The van der Waals surface area contributed by atoms with Gasteiger partial charge in [-0.05, 0) is 36.3 Å². The number of carbonyl (C=O) groups is 1. The third kappa shape index (κ3) is 6.68. The van der Waals surface area contributed by atoms with Crippen molar-refractivity contribution in [3.05, 3.63) is 108 Å². The number of aryl methyl sites for hydroxylation is 1. The Hall–Kier alpha value is -4.17. The average Bonchev–Trinajstić information content (AvgIpc) is 3.23. The van der Waals surface area contributed by atoms with Crippen LogP contribution in [0.4, 0.5) is 11.4 Å². The second-order valence-corrected chi connectivity index (χ2v) is 9.96. The maximum atomic E-state index is 12.6. The summed E-state index contributed by atoms with van der Waals surface area (Å²) in [6.07, 6.45) is 6.18. The zero-order valence-electron chi connectivity index (χ0n) is 19.5. The zero-order valence-corrected chi connectivity index (χ0v) is 20.3. The minimum atomic E-state index is -3.43. The van der Waals surface area contributed by atoms with E-state index in [0.29, 0.717) is 17.9 Å². The lowest BCUT2D eigenvalue weighted by molar-refractivity contribution is -0.111. The second kappa shape index (κ2) is 10.4. The summed E-state index contributed by atoms with van der Waals surface area (Å²) in [5.41, 5.74) is 5.32. The van der Waals surface area contributed by atoms with Gasteiger partial charge in [0.05, 0.1) is 24.2 Å². The van der Waals surface area contributed by atoms with Crippen LogP contribution in [0, 0.1) is 6.92 Å². The highest BCUT2D eigenvalue weighted by Gasteiger charge is 2.11. The first kappa shape index (κ1) is 24.0. The molecule has 4 aromatic rings. The van der Waals surface area contributed by atoms with Crippen LogP contribution >= 0.6 is 0 Å². The summed E-state index contributed by atoms with van der Waals surface area (Å²) < 4.78 is 27.5. The van der Waals surface area contributed by atoms with E-state index < -0.39 is 10.0 Å². The number of nitrogens with zero attached hydrogens (tertiary/aromatic N) is 2. The number of aromatic nitrogens is 2. The molecule has 0 radical (unpaired) electrons. The van der Waals surface area contributed by atoms with Crippen molar-refractivity contribution in [3.63, 3.8) is 0 Å². The van der Waals surface area contributed by atoms with Crippen LogP contribution in [0.15, 0.2) is 91.1 Å². The van der Waals surface area contributed by atoms with Gasteiger partial charge in [0.15, 0.2) is 0 Å². The number of hydrogen-bond donors (Lipinski definition) is 2. The summed E-state index contributed by atoms with van der Waals surface area (Å²) in [5, 5.41) is 7.55. The van der Waals surface area contributed by atoms with Gasteiger partial charge in [0.25, 0.3) is 0 Å².